The van der Waals surface area contributed by atoms with E-state index in [1.165, 1.54) is 19.3 Å². The molecule has 1 nitrogen and oxygen atoms in total. The second kappa shape index (κ2) is 4.75. The quantitative estimate of drug-likeness (QED) is 0.827. The summed E-state index contributed by atoms with van der Waals surface area (Å²) in [6, 6.07) is 16.0. The highest BCUT2D eigenvalue weighted by Gasteiger charge is 2.41. The topological polar surface area (TPSA) is 12.0 Å². The van der Waals surface area contributed by atoms with Gasteiger partial charge in [-0.3, -0.25) is 0 Å². The maximum atomic E-state index is 3.26. The van der Waals surface area contributed by atoms with E-state index < -0.39 is 0 Å². The zero-order valence-electron chi connectivity index (χ0n) is 12.0. The minimum absolute atomic E-state index is 0.662. The Bertz CT molecular complexity index is 644. The van der Waals surface area contributed by atoms with Crippen LogP contribution in [-0.2, 0) is 6.42 Å². The summed E-state index contributed by atoms with van der Waals surface area (Å²) in [4.78, 5) is 0. The first-order valence-electron chi connectivity index (χ1n) is 7.75. The number of fused-ring (bicyclic) bond motifs is 8. The molecule has 0 radical (unpaired) electrons. The summed E-state index contributed by atoms with van der Waals surface area (Å²) in [6.45, 7) is 1.11. The van der Waals surface area contributed by atoms with Gasteiger partial charge in [0.05, 0.1) is 0 Å². The highest BCUT2D eigenvalue weighted by atomic mass is 14.8. The number of nitrogens with one attached hydrogen (secondary N) is 1. The molecule has 0 spiro atoms. The molecule has 0 saturated carbocycles. The molecule has 0 aliphatic heterocycles. The Morgan fingerprint density at radius 2 is 1.70 bits per heavy atom. The molecule has 2 bridgehead atoms. The molecule has 0 saturated heterocycles. The van der Waals surface area contributed by atoms with Crippen LogP contribution in [0.1, 0.15) is 52.5 Å². The number of rotatable bonds is 4. The van der Waals surface area contributed by atoms with Gasteiger partial charge in [-0.15, -0.1) is 0 Å². The average Bonchev–Trinajstić information content (AvgIpc) is 3.05. The molecule has 2 aromatic carbocycles. The van der Waals surface area contributed by atoms with Crippen molar-refractivity contribution in [2.24, 2.45) is 0 Å². The highest BCUT2D eigenvalue weighted by molar-refractivity contribution is 5.60. The van der Waals surface area contributed by atoms with Gasteiger partial charge < -0.3 is 5.32 Å². The monoisotopic (exact) mass is 263 g/mol. The molecule has 4 rings (SSSR count). The van der Waals surface area contributed by atoms with Gasteiger partial charge in [0, 0.05) is 11.8 Å². The van der Waals surface area contributed by atoms with E-state index in [0.29, 0.717) is 11.8 Å². The number of hydrogen-bond acceptors (Lipinski definition) is 1. The van der Waals surface area contributed by atoms with Crippen molar-refractivity contribution in [1.82, 2.24) is 5.32 Å². The predicted molar refractivity (Wildman–Crippen MR) is 83.4 cm³/mol. The molecule has 102 valence electrons. The molecule has 2 unspecified atom stereocenters. The molecule has 2 atom stereocenters. The Hall–Kier alpha value is -1.60. The van der Waals surface area contributed by atoms with Gasteiger partial charge >= 0.3 is 0 Å². The molecule has 20 heavy (non-hydrogen) atoms. The number of aryl methyl sites for hydroxylation is 1. The van der Waals surface area contributed by atoms with E-state index in [1.54, 1.807) is 27.8 Å². The highest BCUT2D eigenvalue weighted by Crippen LogP contribution is 2.57. The Morgan fingerprint density at radius 3 is 2.50 bits per heavy atom. The molecule has 1 heteroatoms. The third-order valence-corrected chi connectivity index (χ3v) is 5.05. The summed E-state index contributed by atoms with van der Waals surface area (Å²) >= 11 is 0. The van der Waals surface area contributed by atoms with E-state index in [1.807, 2.05) is 7.05 Å². The SMILES string of the molecule is CNCCCc1cccc2c1C1CC2c2ccccc21. The van der Waals surface area contributed by atoms with Crippen LogP contribution >= 0.6 is 0 Å². The molecule has 1 N–H and O–H groups in total. The van der Waals surface area contributed by atoms with Crippen molar-refractivity contribution in [3.8, 4) is 0 Å². The van der Waals surface area contributed by atoms with Crippen LogP contribution < -0.4 is 5.32 Å². The normalized spacial score (nSPS) is 21.9. The van der Waals surface area contributed by atoms with Crippen molar-refractivity contribution < 1.29 is 0 Å². The van der Waals surface area contributed by atoms with E-state index in [4.69, 9.17) is 0 Å². The van der Waals surface area contributed by atoms with E-state index in [9.17, 15) is 0 Å². The summed E-state index contributed by atoms with van der Waals surface area (Å²) in [5.74, 6) is 1.33. The fraction of sp³-hybridized carbons (Fsp3) is 0.368. The maximum absolute atomic E-state index is 3.26. The average molecular weight is 263 g/mol. The van der Waals surface area contributed by atoms with Gasteiger partial charge in [-0.1, -0.05) is 42.5 Å². The van der Waals surface area contributed by atoms with Crippen LogP contribution in [0.15, 0.2) is 42.5 Å². The van der Waals surface area contributed by atoms with Gasteiger partial charge in [0.1, 0.15) is 0 Å². The molecule has 2 aromatic rings. The second-order valence-electron chi connectivity index (χ2n) is 6.10. The first-order valence-corrected chi connectivity index (χ1v) is 7.75. The molecule has 0 amide bonds. The molecule has 2 aliphatic rings. The largest absolute Gasteiger partial charge is 0.320 e. The minimum atomic E-state index is 0.662. The van der Waals surface area contributed by atoms with Crippen molar-refractivity contribution in [2.75, 3.05) is 13.6 Å². The van der Waals surface area contributed by atoms with Gasteiger partial charge in [-0.2, -0.15) is 0 Å². The zero-order chi connectivity index (χ0) is 13.5. The molecule has 0 fully saturated rings. The van der Waals surface area contributed by atoms with Crippen molar-refractivity contribution in [1.29, 1.82) is 0 Å². The molecular weight excluding hydrogens is 242 g/mol. The second-order valence-corrected chi connectivity index (χ2v) is 6.10. The number of hydrogen-bond donors (Lipinski definition) is 1. The van der Waals surface area contributed by atoms with Crippen LogP contribution in [0.2, 0.25) is 0 Å². The summed E-state index contributed by atoms with van der Waals surface area (Å²) in [5, 5.41) is 3.26. The number of benzene rings is 2. The summed E-state index contributed by atoms with van der Waals surface area (Å²) in [6.07, 6.45) is 3.74. The van der Waals surface area contributed by atoms with Crippen molar-refractivity contribution in [3.05, 3.63) is 70.3 Å². The Kier molecular flexibility index (Phi) is 2.89. The Morgan fingerprint density at radius 1 is 0.950 bits per heavy atom. The van der Waals surface area contributed by atoms with Crippen molar-refractivity contribution >= 4 is 0 Å². The van der Waals surface area contributed by atoms with Crippen LogP contribution in [0.5, 0.6) is 0 Å². The van der Waals surface area contributed by atoms with Gasteiger partial charge in [-0.05, 0) is 60.7 Å². The lowest BCUT2D eigenvalue weighted by Crippen LogP contribution is -2.10. The minimum Gasteiger partial charge on any atom is -0.320 e. The predicted octanol–water partition coefficient (Wildman–Crippen LogP) is 3.82. The summed E-state index contributed by atoms with van der Waals surface area (Å²) < 4.78 is 0. The third-order valence-electron chi connectivity index (χ3n) is 5.05. The van der Waals surface area contributed by atoms with Crippen LogP contribution in [0, 0.1) is 0 Å². The Labute approximate surface area is 121 Å². The fourth-order valence-corrected chi connectivity index (χ4v) is 4.24. The first kappa shape index (κ1) is 12.2. The van der Waals surface area contributed by atoms with E-state index in [0.717, 1.165) is 6.54 Å². The molecular formula is C19H21N. The fourth-order valence-electron chi connectivity index (χ4n) is 4.24. The van der Waals surface area contributed by atoms with Crippen LogP contribution in [0.3, 0.4) is 0 Å². The van der Waals surface area contributed by atoms with Crippen LogP contribution in [0.25, 0.3) is 0 Å². The van der Waals surface area contributed by atoms with Crippen LogP contribution in [0.4, 0.5) is 0 Å². The van der Waals surface area contributed by atoms with Gasteiger partial charge in [0.25, 0.3) is 0 Å². The first-order chi connectivity index (χ1) is 9.90. The van der Waals surface area contributed by atoms with E-state index in [-0.39, 0.29) is 0 Å². The third kappa shape index (κ3) is 1.66. The standard InChI is InChI=1S/C19H21N/c1-20-11-5-7-13-6-4-10-16-17-12-18(19(13)16)15-9-3-2-8-14(15)17/h2-4,6,8-10,17-18,20H,5,7,11-12H2,1H3. The van der Waals surface area contributed by atoms with Crippen molar-refractivity contribution in [2.45, 2.75) is 31.1 Å². The van der Waals surface area contributed by atoms with Gasteiger partial charge in [0.2, 0.25) is 0 Å². The smallest absolute Gasteiger partial charge is 0.0107 e. The summed E-state index contributed by atoms with van der Waals surface area (Å²) in [7, 11) is 2.04. The summed E-state index contributed by atoms with van der Waals surface area (Å²) in [5.41, 5.74) is 8.02. The lowest BCUT2D eigenvalue weighted by Gasteiger charge is -2.22. The van der Waals surface area contributed by atoms with E-state index >= 15 is 0 Å². The van der Waals surface area contributed by atoms with Gasteiger partial charge in [0.15, 0.2) is 0 Å². The van der Waals surface area contributed by atoms with Crippen LogP contribution in [-0.4, -0.2) is 13.6 Å². The zero-order valence-corrected chi connectivity index (χ0v) is 12.0. The van der Waals surface area contributed by atoms with Crippen molar-refractivity contribution in [3.63, 3.8) is 0 Å². The maximum Gasteiger partial charge on any atom is 0.0107 e. The van der Waals surface area contributed by atoms with E-state index in [2.05, 4.69) is 47.8 Å². The Balaban J connectivity index is 1.74. The lowest BCUT2D eigenvalue weighted by molar-refractivity contribution is 0.717. The molecule has 2 aliphatic carbocycles. The molecule has 0 aromatic heterocycles. The van der Waals surface area contributed by atoms with Gasteiger partial charge in [-0.25, -0.2) is 0 Å². The lowest BCUT2D eigenvalue weighted by atomic mass is 9.83. The molecule has 0 heterocycles.